The second-order valence-electron chi connectivity index (χ2n) is 7.41. The van der Waals surface area contributed by atoms with Gasteiger partial charge in [-0.3, -0.25) is 9.79 Å². The van der Waals surface area contributed by atoms with Crippen molar-refractivity contribution in [1.29, 1.82) is 0 Å². The van der Waals surface area contributed by atoms with E-state index >= 15 is 0 Å². The number of rotatable bonds is 10. The lowest BCUT2D eigenvalue weighted by Crippen LogP contribution is -2.36. The van der Waals surface area contributed by atoms with Gasteiger partial charge in [-0.25, -0.2) is 0 Å². The Balaban J connectivity index is 1.89. The number of furan rings is 1. The molecule has 4 N–H and O–H groups in total. The molecule has 0 bridgehead atoms. The Morgan fingerprint density at radius 2 is 1.97 bits per heavy atom. The second-order valence-corrected chi connectivity index (χ2v) is 7.41. The Hall–Kier alpha value is -2.96. The van der Waals surface area contributed by atoms with E-state index in [2.05, 4.69) is 54.6 Å². The van der Waals surface area contributed by atoms with Gasteiger partial charge in [0.25, 0.3) is 5.91 Å². The Kier molecular flexibility index (Phi) is 8.58. The molecule has 158 valence electrons. The van der Waals surface area contributed by atoms with E-state index < -0.39 is 5.91 Å². The van der Waals surface area contributed by atoms with Crippen molar-refractivity contribution in [2.24, 2.45) is 16.6 Å². The van der Waals surface area contributed by atoms with Crippen LogP contribution in [0.1, 0.15) is 54.1 Å². The minimum absolute atomic E-state index is 0.142. The molecule has 0 saturated heterocycles. The zero-order valence-corrected chi connectivity index (χ0v) is 17.7. The molecule has 1 amide bonds. The predicted molar refractivity (Wildman–Crippen MR) is 115 cm³/mol. The third kappa shape index (κ3) is 7.52. The number of hydrogen-bond acceptors (Lipinski definition) is 4. The summed E-state index contributed by atoms with van der Waals surface area (Å²) in [7, 11) is 1.70. The van der Waals surface area contributed by atoms with E-state index in [4.69, 9.17) is 14.9 Å². The fourth-order valence-corrected chi connectivity index (χ4v) is 2.79. The molecule has 7 heteroatoms. The molecule has 0 saturated carbocycles. The number of nitrogens with two attached hydrogens (primary N) is 1. The SMILES string of the molecule is CN=C(NCc1ccc(C(N)=O)o1)NCc1ccc(C)cc1OCCCC(C)C. The highest BCUT2D eigenvalue weighted by atomic mass is 16.5. The van der Waals surface area contributed by atoms with Gasteiger partial charge >= 0.3 is 0 Å². The summed E-state index contributed by atoms with van der Waals surface area (Å²) in [6.07, 6.45) is 2.19. The largest absolute Gasteiger partial charge is 0.493 e. The molecule has 0 aliphatic heterocycles. The number of aryl methyl sites for hydroxylation is 1. The third-order valence-corrected chi connectivity index (χ3v) is 4.41. The summed E-state index contributed by atoms with van der Waals surface area (Å²) in [5, 5.41) is 6.44. The third-order valence-electron chi connectivity index (χ3n) is 4.41. The topological polar surface area (TPSA) is 102 Å². The van der Waals surface area contributed by atoms with E-state index in [-0.39, 0.29) is 5.76 Å². The summed E-state index contributed by atoms with van der Waals surface area (Å²) in [6.45, 7) is 8.17. The number of carbonyl (C=O) groups excluding carboxylic acids is 1. The molecule has 0 unspecified atom stereocenters. The molecule has 1 aromatic heterocycles. The minimum atomic E-state index is -0.584. The van der Waals surface area contributed by atoms with E-state index in [0.717, 1.165) is 29.7 Å². The van der Waals surface area contributed by atoms with Gasteiger partial charge in [-0.15, -0.1) is 0 Å². The second kappa shape index (κ2) is 11.1. The number of guanidine groups is 1. The van der Waals surface area contributed by atoms with Gasteiger partial charge in [-0.05, 0) is 49.4 Å². The fourth-order valence-electron chi connectivity index (χ4n) is 2.79. The van der Waals surface area contributed by atoms with E-state index in [1.807, 2.05) is 0 Å². The van der Waals surface area contributed by atoms with Crippen LogP contribution in [0.5, 0.6) is 5.75 Å². The van der Waals surface area contributed by atoms with Crippen LogP contribution in [-0.4, -0.2) is 25.5 Å². The number of amides is 1. The van der Waals surface area contributed by atoms with Gasteiger partial charge in [0, 0.05) is 19.2 Å². The van der Waals surface area contributed by atoms with Crippen LogP contribution < -0.4 is 21.1 Å². The number of primary amides is 1. The lowest BCUT2D eigenvalue weighted by molar-refractivity contribution is 0.0972. The molecule has 0 aliphatic carbocycles. The van der Waals surface area contributed by atoms with Crippen molar-refractivity contribution in [3.8, 4) is 5.75 Å². The van der Waals surface area contributed by atoms with Gasteiger partial charge in [-0.2, -0.15) is 0 Å². The zero-order valence-electron chi connectivity index (χ0n) is 17.7. The number of nitrogens with zero attached hydrogens (tertiary/aromatic N) is 1. The molecule has 1 aromatic carbocycles. The van der Waals surface area contributed by atoms with Crippen LogP contribution in [0, 0.1) is 12.8 Å². The van der Waals surface area contributed by atoms with Gasteiger partial charge in [-0.1, -0.05) is 26.0 Å². The van der Waals surface area contributed by atoms with Crippen molar-refractivity contribution < 1.29 is 13.9 Å². The standard InChI is InChI=1S/C22H32N4O3/c1-15(2)6-5-11-28-20-12-16(3)7-8-17(20)13-25-22(24-4)26-14-18-9-10-19(29-18)21(23)27/h7-10,12,15H,5-6,11,13-14H2,1-4H3,(H2,23,27)(H2,24,25,26). The molecule has 1 heterocycles. The summed E-state index contributed by atoms with van der Waals surface area (Å²) in [5.41, 5.74) is 7.43. The van der Waals surface area contributed by atoms with Crippen LogP contribution >= 0.6 is 0 Å². The maximum absolute atomic E-state index is 11.1. The number of carbonyl (C=O) groups is 1. The average molecular weight is 401 g/mol. The molecule has 2 aromatic rings. The average Bonchev–Trinajstić information content (AvgIpc) is 3.16. The lowest BCUT2D eigenvalue weighted by Gasteiger charge is -2.15. The van der Waals surface area contributed by atoms with Crippen molar-refractivity contribution in [3.05, 3.63) is 53.0 Å². The van der Waals surface area contributed by atoms with Crippen molar-refractivity contribution in [2.75, 3.05) is 13.7 Å². The Labute approximate surface area is 172 Å². The molecule has 7 nitrogen and oxygen atoms in total. The van der Waals surface area contributed by atoms with Crippen LogP contribution in [0.3, 0.4) is 0 Å². The van der Waals surface area contributed by atoms with Gasteiger partial charge < -0.3 is 25.5 Å². The van der Waals surface area contributed by atoms with Crippen LogP contribution in [0.15, 0.2) is 39.7 Å². The zero-order chi connectivity index (χ0) is 21.2. The van der Waals surface area contributed by atoms with Crippen molar-refractivity contribution >= 4 is 11.9 Å². The molecule has 0 aliphatic rings. The van der Waals surface area contributed by atoms with E-state index in [9.17, 15) is 4.79 Å². The minimum Gasteiger partial charge on any atom is -0.493 e. The van der Waals surface area contributed by atoms with Crippen LogP contribution in [0.4, 0.5) is 0 Å². The van der Waals surface area contributed by atoms with Crippen LogP contribution in [0.2, 0.25) is 0 Å². The summed E-state index contributed by atoms with van der Waals surface area (Å²) >= 11 is 0. The number of hydrogen-bond donors (Lipinski definition) is 3. The Morgan fingerprint density at radius 1 is 1.21 bits per heavy atom. The maximum Gasteiger partial charge on any atom is 0.284 e. The Morgan fingerprint density at radius 3 is 2.62 bits per heavy atom. The first kappa shape index (κ1) is 22.3. The highest BCUT2D eigenvalue weighted by Crippen LogP contribution is 2.21. The Bertz CT molecular complexity index is 827. The highest BCUT2D eigenvalue weighted by Gasteiger charge is 2.09. The predicted octanol–water partition coefficient (Wildman–Crippen LogP) is 3.37. The van der Waals surface area contributed by atoms with E-state index in [0.29, 0.717) is 37.3 Å². The van der Waals surface area contributed by atoms with Crippen molar-refractivity contribution in [1.82, 2.24) is 10.6 Å². The number of benzene rings is 1. The van der Waals surface area contributed by atoms with Gasteiger partial charge in [0.2, 0.25) is 0 Å². The quantitative estimate of drug-likeness (QED) is 0.322. The fraction of sp³-hybridized carbons (Fsp3) is 0.455. The smallest absolute Gasteiger partial charge is 0.284 e. The monoisotopic (exact) mass is 400 g/mol. The first-order chi connectivity index (χ1) is 13.9. The normalized spacial score (nSPS) is 11.6. The summed E-state index contributed by atoms with van der Waals surface area (Å²) in [4.78, 5) is 15.3. The molecule has 0 spiro atoms. The first-order valence-corrected chi connectivity index (χ1v) is 9.94. The molecule has 2 rings (SSSR count). The van der Waals surface area contributed by atoms with Gasteiger partial charge in [0.15, 0.2) is 11.7 Å². The molecule has 29 heavy (non-hydrogen) atoms. The van der Waals surface area contributed by atoms with E-state index in [1.165, 1.54) is 0 Å². The number of nitrogens with one attached hydrogen (secondary N) is 2. The van der Waals surface area contributed by atoms with E-state index in [1.54, 1.807) is 19.2 Å². The van der Waals surface area contributed by atoms with Gasteiger partial charge in [0.1, 0.15) is 11.5 Å². The molecular formula is C22H32N4O3. The summed E-state index contributed by atoms with van der Waals surface area (Å²) in [5.74, 6) is 2.36. The maximum atomic E-state index is 11.1. The number of ether oxygens (including phenoxy) is 1. The van der Waals surface area contributed by atoms with Crippen molar-refractivity contribution in [3.63, 3.8) is 0 Å². The van der Waals surface area contributed by atoms with Crippen LogP contribution in [-0.2, 0) is 13.1 Å². The molecular weight excluding hydrogens is 368 g/mol. The van der Waals surface area contributed by atoms with Crippen molar-refractivity contribution in [2.45, 2.75) is 46.7 Å². The molecule has 0 radical (unpaired) electrons. The molecule has 0 atom stereocenters. The molecule has 0 fully saturated rings. The first-order valence-electron chi connectivity index (χ1n) is 9.94. The summed E-state index contributed by atoms with van der Waals surface area (Å²) < 4.78 is 11.4. The van der Waals surface area contributed by atoms with Gasteiger partial charge in [0.05, 0.1) is 13.2 Å². The van der Waals surface area contributed by atoms with Crippen LogP contribution in [0.25, 0.3) is 0 Å². The summed E-state index contributed by atoms with van der Waals surface area (Å²) in [6, 6.07) is 9.48. The number of aliphatic imine (C=N–C) groups is 1. The lowest BCUT2D eigenvalue weighted by atomic mass is 10.1. The highest BCUT2D eigenvalue weighted by molar-refractivity contribution is 5.89.